The van der Waals surface area contributed by atoms with Gasteiger partial charge in [0, 0.05) is 11.6 Å². The van der Waals surface area contributed by atoms with Crippen LogP contribution in [0.1, 0.15) is 12.0 Å². The molecule has 0 N–H and O–H groups in total. The first-order valence-corrected chi connectivity index (χ1v) is 5.02. The first-order valence-electron chi connectivity index (χ1n) is 4.39. The van der Waals surface area contributed by atoms with E-state index in [9.17, 15) is 4.39 Å². The van der Waals surface area contributed by atoms with E-state index in [0.29, 0.717) is 5.75 Å². The van der Waals surface area contributed by atoms with Crippen molar-refractivity contribution >= 4 is 18.7 Å². The molecule has 0 aliphatic heterocycles. The van der Waals surface area contributed by atoms with Gasteiger partial charge in [-0.2, -0.15) is 12.6 Å². The highest BCUT2D eigenvalue weighted by molar-refractivity contribution is 7.80. The number of rotatable bonds is 4. The van der Waals surface area contributed by atoms with Gasteiger partial charge in [-0.3, -0.25) is 0 Å². The molecule has 0 aromatic heterocycles. The predicted molar refractivity (Wildman–Crippen MR) is 60.5 cm³/mol. The van der Waals surface area contributed by atoms with E-state index in [0.717, 1.165) is 17.7 Å². The van der Waals surface area contributed by atoms with Gasteiger partial charge < -0.3 is 4.74 Å². The highest BCUT2D eigenvalue weighted by atomic mass is 32.1. The highest BCUT2D eigenvalue weighted by Crippen LogP contribution is 2.20. The molecule has 0 amide bonds. The van der Waals surface area contributed by atoms with Gasteiger partial charge in [0.25, 0.3) is 0 Å². The Morgan fingerprint density at radius 2 is 2.29 bits per heavy atom. The van der Waals surface area contributed by atoms with E-state index in [1.807, 2.05) is 12.2 Å². The van der Waals surface area contributed by atoms with E-state index >= 15 is 0 Å². The van der Waals surface area contributed by atoms with Crippen molar-refractivity contribution in [2.75, 3.05) is 12.9 Å². The van der Waals surface area contributed by atoms with Crippen molar-refractivity contribution in [2.24, 2.45) is 0 Å². The fourth-order valence-corrected chi connectivity index (χ4v) is 1.26. The zero-order chi connectivity index (χ0) is 10.4. The predicted octanol–water partition coefficient (Wildman–Crippen LogP) is 3.17. The van der Waals surface area contributed by atoms with Crippen LogP contribution in [0.4, 0.5) is 4.39 Å². The lowest BCUT2D eigenvalue weighted by Crippen LogP contribution is -1.88. The molecule has 1 nitrogen and oxygen atoms in total. The van der Waals surface area contributed by atoms with Gasteiger partial charge in [-0.1, -0.05) is 12.2 Å². The van der Waals surface area contributed by atoms with Crippen LogP contribution in [0.3, 0.4) is 0 Å². The third kappa shape index (κ3) is 3.07. The Kier molecular flexibility index (Phi) is 4.53. The number of hydrogen-bond acceptors (Lipinski definition) is 2. The second-order valence-electron chi connectivity index (χ2n) is 2.80. The molecule has 1 rings (SSSR count). The Hall–Kier alpha value is -0.960. The number of benzene rings is 1. The Balaban J connectivity index is 2.85. The van der Waals surface area contributed by atoms with Crippen molar-refractivity contribution in [1.82, 2.24) is 0 Å². The van der Waals surface area contributed by atoms with Crippen molar-refractivity contribution in [3.8, 4) is 5.75 Å². The van der Waals surface area contributed by atoms with Crippen LogP contribution in [0.15, 0.2) is 24.3 Å². The van der Waals surface area contributed by atoms with Crippen LogP contribution in [0.5, 0.6) is 5.75 Å². The first kappa shape index (κ1) is 11.1. The smallest absolute Gasteiger partial charge is 0.128 e. The van der Waals surface area contributed by atoms with Crippen molar-refractivity contribution in [2.45, 2.75) is 6.42 Å². The van der Waals surface area contributed by atoms with E-state index in [4.69, 9.17) is 4.74 Å². The number of halogens is 1. The van der Waals surface area contributed by atoms with Crippen molar-refractivity contribution < 1.29 is 9.13 Å². The lowest BCUT2D eigenvalue weighted by atomic mass is 10.1. The fraction of sp³-hybridized carbons (Fsp3) is 0.273. The van der Waals surface area contributed by atoms with Gasteiger partial charge >= 0.3 is 0 Å². The second-order valence-corrected chi connectivity index (χ2v) is 3.25. The summed E-state index contributed by atoms with van der Waals surface area (Å²) in [6.45, 7) is 0. The summed E-state index contributed by atoms with van der Waals surface area (Å²) in [6.07, 6.45) is 4.79. The monoisotopic (exact) mass is 212 g/mol. The van der Waals surface area contributed by atoms with Gasteiger partial charge in [0.15, 0.2) is 0 Å². The zero-order valence-electron chi connectivity index (χ0n) is 8.03. The van der Waals surface area contributed by atoms with Crippen LogP contribution in [0.25, 0.3) is 6.08 Å². The van der Waals surface area contributed by atoms with Gasteiger partial charge in [-0.15, -0.1) is 0 Å². The maximum absolute atomic E-state index is 12.8. The summed E-state index contributed by atoms with van der Waals surface area (Å²) >= 11 is 4.09. The number of hydrogen-bond donors (Lipinski definition) is 1. The molecular weight excluding hydrogens is 199 g/mol. The SMILES string of the molecule is COc1cc(F)ccc1C=CCCS. The van der Waals surface area contributed by atoms with Gasteiger partial charge in [0.05, 0.1) is 7.11 Å². The molecule has 3 heteroatoms. The minimum Gasteiger partial charge on any atom is -0.496 e. The Labute approximate surface area is 89.0 Å². The van der Waals surface area contributed by atoms with Gasteiger partial charge in [-0.05, 0) is 24.3 Å². The van der Waals surface area contributed by atoms with Crippen LogP contribution in [0, 0.1) is 5.82 Å². The normalized spacial score (nSPS) is 10.8. The summed E-state index contributed by atoms with van der Waals surface area (Å²) in [4.78, 5) is 0. The van der Waals surface area contributed by atoms with Crippen molar-refractivity contribution in [3.63, 3.8) is 0 Å². The van der Waals surface area contributed by atoms with E-state index in [-0.39, 0.29) is 5.82 Å². The quantitative estimate of drug-likeness (QED) is 0.754. The Morgan fingerprint density at radius 1 is 1.50 bits per heavy atom. The van der Waals surface area contributed by atoms with Crippen LogP contribution in [0.2, 0.25) is 0 Å². The van der Waals surface area contributed by atoms with E-state index < -0.39 is 0 Å². The van der Waals surface area contributed by atoms with Gasteiger partial charge in [0.2, 0.25) is 0 Å². The molecule has 0 atom stereocenters. The second kappa shape index (κ2) is 5.70. The van der Waals surface area contributed by atoms with E-state index in [1.54, 1.807) is 6.07 Å². The molecule has 0 aliphatic carbocycles. The molecule has 14 heavy (non-hydrogen) atoms. The summed E-state index contributed by atoms with van der Waals surface area (Å²) in [5.74, 6) is 1.08. The molecule has 0 saturated heterocycles. The fourth-order valence-electron chi connectivity index (χ4n) is 1.11. The minimum absolute atomic E-state index is 0.284. The third-order valence-electron chi connectivity index (χ3n) is 1.79. The number of allylic oxidation sites excluding steroid dienone is 1. The van der Waals surface area contributed by atoms with Gasteiger partial charge in [-0.25, -0.2) is 4.39 Å². The standard InChI is InChI=1S/C11H13FOS/c1-13-11-8-10(12)6-5-9(11)4-2-3-7-14/h2,4-6,8,14H,3,7H2,1H3. The molecule has 76 valence electrons. The summed E-state index contributed by atoms with van der Waals surface area (Å²) in [6, 6.07) is 4.49. The van der Waals surface area contributed by atoms with Crippen molar-refractivity contribution in [1.29, 1.82) is 0 Å². The molecular formula is C11H13FOS. The molecule has 1 aromatic rings. The summed E-state index contributed by atoms with van der Waals surface area (Å²) in [5, 5.41) is 0. The van der Waals surface area contributed by atoms with Crippen LogP contribution in [-0.2, 0) is 0 Å². The number of thiol groups is 1. The summed E-state index contributed by atoms with van der Waals surface area (Å²) < 4.78 is 17.9. The van der Waals surface area contributed by atoms with E-state index in [1.165, 1.54) is 19.2 Å². The average Bonchev–Trinajstić information content (AvgIpc) is 2.20. The molecule has 0 spiro atoms. The largest absolute Gasteiger partial charge is 0.496 e. The topological polar surface area (TPSA) is 9.23 Å². The number of ether oxygens (including phenoxy) is 1. The Morgan fingerprint density at radius 3 is 2.93 bits per heavy atom. The average molecular weight is 212 g/mol. The van der Waals surface area contributed by atoms with Gasteiger partial charge in [0.1, 0.15) is 11.6 Å². The van der Waals surface area contributed by atoms with Crippen LogP contribution in [-0.4, -0.2) is 12.9 Å². The zero-order valence-corrected chi connectivity index (χ0v) is 8.93. The molecule has 0 unspecified atom stereocenters. The lowest BCUT2D eigenvalue weighted by molar-refractivity contribution is 0.410. The molecule has 0 saturated carbocycles. The van der Waals surface area contributed by atoms with E-state index in [2.05, 4.69) is 12.6 Å². The maximum atomic E-state index is 12.8. The highest BCUT2D eigenvalue weighted by Gasteiger charge is 2.00. The molecule has 0 heterocycles. The van der Waals surface area contributed by atoms with Crippen molar-refractivity contribution in [3.05, 3.63) is 35.7 Å². The summed E-state index contributed by atoms with van der Waals surface area (Å²) in [7, 11) is 1.53. The van der Waals surface area contributed by atoms with Crippen LogP contribution < -0.4 is 4.74 Å². The minimum atomic E-state index is -0.284. The molecule has 0 fully saturated rings. The summed E-state index contributed by atoms with van der Waals surface area (Å²) in [5.41, 5.74) is 0.885. The lowest BCUT2D eigenvalue weighted by Gasteiger charge is -2.03. The molecule has 0 aliphatic rings. The molecule has 0 radical (unpaired) electrons. The Bertz CT molecular complexity index is 323. The third-order valence-corrected chi connectivity index (χ3v) is 2.05. The molecule has 1 aromatic carbocycles. The maximum Gasteiger partial charge on any atom is 0.128 e. The number of methoxy groups -OCH3 is 1. The van der Waals surface area contributed by atoms with Crippen LogP contribution >= 0.6 is 12.6 Å². The first-order chi connectivity index (χ1) is 6.77. The molecule has 0 bridgehead atoms.